The van der Waals surface area contributed by atoms with Crippen LogP contribution < -0.4 is 20.9 Å². The molecule has 0 aliphatic heterocycles. The second kappa shape index (κ2) is 2.85. The topological polar surface area (TPSA) is 0 Å². The van der Waals surface area contributed by atoms with Crippen molar-refractivity contribution in [2.24, 2.45) is 0 Å². The fourth-order valence-corrected chi connectivity index (χ4v) is 2.82. The molecular weight excluding hydrogens is 192 g/mol. The molecule has 0 spiro atoms. The Bertz CT molecular complexity index is 834. The molecule has 0 unspecified atom stereocenters. The van der Waals surface area contributed by atoms with Gasteiger partial charge in [-0.15, -0.1) is 0 Å². The SMILES string of the molecule is C1=c2cc3ccc4c(c3cc2=CC1)=CCC=4. The number of hydrogen-bond acceptors (Lipinski definition) is 0. The Kier molecular flexibility index (Phi) is 1.49. The zero-order valence-corrected chi connectivity index (χ0v) is 9.03. The number of benzene rings is 2. The van der Waals surface area contributed by atoms with Gasteiger partial charge in [0.1, 0.15) is 0 Å². The summed E-state index contributed by atoms with van der Waals surface area (Å²) < 4.78 is 0. The van der Waals surface area contributed by atoms with Gasteiger partial charge in [-0.2, -0.15) is 0 Å². The van der Waals surface area contributed by atoms with Gasteiger partial charge in [0.05, 0.1) is 0 Å². The van der Waals surface area contributed by atoms with Crippen LogP contribution in [0.3, 0.4) is 0 Å². The minimum Gasteiger partial charge on any atom is -0.0728 e. The van der Waals surface area contributed by atoms with Crippen LogP contribution in [0.15, 0.2) is 24.3 Å². The first kappa shape index (κ1) is 8.35. The summed E-state index contributed by atoms with van der Waals surface area (Å²) in [6.45, 7) is 0. The van der Waals surface area contributed by atoms with Crippen LogP contribution in [-0.4, -0.2) is 0 Å². The third-order valence-electron chi connectivity index (χ3n) is 3.63. The summed E-state index contributed by atoms with van der Waals surface area (Å²) in [5.74, 6) is 0. The molecule has 0 radical (unpaired) electrons. The molecule has 16 heavy (non-hydrogen) atoms. The molecule has 0 saturated heterocycles. The predicted octanol–water partition coefficient (Wildman–Crippen LogP) is 0.769. The highest BCUT2D eigenvalue weighted by Crippen LogP contribution is 2.05. The zero-order chi connectivity index (χ0) is 10.5. The Labute approximate surface area is 93.5 Å². The highest BCUT2D eigenvalue weighted by Gasteiger charge is 2.02. The average Bonchev–Trinajstić information content (AvgIpc) is 2.94. The van der Waals surface area contributed by atoms with E-state index in [2.05, 4.69) is 48.6 Å². The summed E-state index contributed by atoms with van der Waals surface area (Å²) in [6, 6.07) is 9.16. The molecule has 76 valence electrons. The maximum atomic E-state index is 2.35. The van der Waals surface area contributed by atoms with Gasteiger partial charge in [0.25, 0.3) is 0 Å². The largest absolute Gasteiger partial charge is 0.0728 e. The maximum Gasteiger partial charge on any atom is -0.0102 e. The van der Waals surface area contributed by atoms with Gasteiger partial charge in [0.2, 0.25) is 0 Å². The Morgan fingerprint density at radius 1 is 0.688 bits per heavy atom. The van der Waals surface area contributed by atoms with Crippen molar-refractivity contribution in [3.63, 3.8) is 0 Å². The van der Waals surface area contributed by atoms with E-state index in [1.807, 2.05) is 0 Å². The number of fused-ring (bicyclic) bond motifs is 4. The summed E-state index contributed by atoms with van der Waals surface area (Å²) in [5, 5.41) is 8.41. The first-order valence-electron chi connectivity index (χ1n) is 5.85. The standard InChI is InChI=1S/C16H12/c1-4-12-9-14-8-7-11-3-2-6-15(11)16(14)10-13(12)5-1/h3-10H,1-2H2. The van der Waals surface area contributed by atoms with Crippen molar-refractivity contribution in [2.45, 2.75) is 12.8 Å². The van der Waals surface area contributed by atoms with E-state index < -0.39 is 0 Å². The minimum absolute atomic E-state index is 1.08. The monoisotopic (exact) mass is 204 g/mol. The van der Waals surface area contributed by atoms with Crippen LogP contribution in [0.4, 0.5) is 0 Å². The number of rotatable bonds is 0. The molecule has 2 aliphatic rings. The van der Waals surface area contributed by atoms with Crippen molar-refractivity contribution in [3.05, 3.63) is 45.1 Å². The summed E-state index contributed by atoms with van der Waals surface area (Å²) >= 11 is 0. The van der Waals surface area contributed by atoms with Gasteiger partial charge in [0.15, 0.2) is 0 Å². The summed E-state index contributed by atoms with van der Waals surface area (Å²) in [7, 11) is 0. The smallest absolute Gasteiger partial charge is 0.0102 e. The summed E-state index contributed by atoms with van der Waals surface area (Å²) in [6.07, 6.45) is 11.4. The van der Waals surface area contributed by atoms with Crippen LogP contribution in [0, 0.1) is 0 Å². The van der Waals surface area contributed by atoms with E-state index >= 15 is 0 Å². The fraction of sp³-hybridized carbons (Fsp3) is 0.125. The predicted molar refractivity (Wildman–Crippen MR) is 69.5 cm³/mol. The van der Waals surface area contributed by atoms with Gasteiger partial charge in [-0.1, -0.05) is 36.4 Å². The normalized spacial score (nSPS) is 15.8. The summed E-state index contributed by atoms with van der Waals surface area (Å²) in [5.41, 5.74) is 0. The van der Waals surface area contributed by atoms with Gasteiger partial charge < -0.3 is 0 Å². The van der Waals surface area contributed by atoms with Gasteiger partial charge in [0, 0.05) is 0 Å². The fourth-order valence-electron chi connectivity index (χ4n) is 2.82. The van der Waals surface area contributed by atoms with E-state index in [4.69, 9.17) is 0 Å². The number of hydrogen-bond donors (Lipinski definition) is 0. The van der Waals surface area contributed by atoms with Crippen LogP contribution in [0.1, 0.15) is 12.8 Å². The van der Waals surface area contributed by atoms with Crippen LogP contribution in [-0.2, 0) is 0 Å². The zero-order valence-electron chi connectivity index (χ0n) is 9.03. The molecule has 0 N–H and O–H groups in total. The van der Waals surface area contributed by atoms with Crippen LogP contribution in [0.25, 0.3) is 35.1 Å². The van der Waals surface area contributed by atoms with E-state index in [0.29, 0.717) is 0 Å². The van der Waals surface area contributed by atoms with E-state index in [1.165, 1.54) is 31.6 Å². The van der Waals surface area contributed by atoms with Crippen molar-refractivity contribution in [2.75, 3.05) is 0 Å². The molecule has 2 aromatic rings. The molecule has 0 bridgehead atoms. The Hall–Kier alpha value is -1.82. The van der Waals surface area contributed by atoms with Crippen molar-refractivity contribution in [1.29, 1.82) is 0 Å². The van der Waals surface area contributed by atoms with E-state index in [9.17, 15) is 0 Å². The Balaban J connectivity index is 2.36. The first-order chi connectivity index (χ1) is 7.92. The average molecular weight is 204 g/mol. The molecule has 0 heteroatoms. The molecule has 2 aliphatic carbocycles. The van der Waals surface area contributed by atoms with E-state index in [-0.39, 0.29) is 0 Å². The minimum atomic E-state index is 1.08. The third-order valence-corrected chi connectivity index (χ3v) is 3.63. The Morgan fingerprint density at radius 3 is 2.38 bits per heavy atom. The van der Waals surface area contributed by atoms with Gasteiger partial charge in [-0.25, -0.2) is 0 Å². The quantitative estimate of drug-likeness (QED) is 0.594. The molecular formula is C16H12. The molecule has 0 saturated carbocycles. The van der Waals surface area contributed by atoms with Crippen molar-refractivity contribution >= 4 is 35.1 Å². The highest BCUT2D eigenvalue weighted by atomic mass is 14.1. The molecule has 0 aromatic heterocycles. The van der Waals surface area contributed by atoms with E-state index in [0.717, 1.165) is 12.8 Å². The van der Waals surface area contributed by atoms with Gasteiger partial charge >= 0.3 is 0 Å². The van der Waals surface area contributed by atoms with Gasteiger partial charge in [-0.05, 0) is 56.6 Å². The molecule has 0 heterocycles. The second-order valence-electron chi connectivity index (χ2n) is 4.56. The van der Waals surface area contributed by atoms with Crippen molar-refractivity contribution < 1.29 is 0 Å². The van der Waals surface area contributed by atoms with Crippen LogP contribution in [0.2, 0.25) is 0 Å². The molecule has 0 nitrogen and oxygen atoms in total. The summed E-state index contributed by atoms with van der Waals surface area (Å²) in [4.78, 5) is 0. The second-order valence-corrected chi connectivity index (χ2v) is 4.56. The van der Waals surface area contributed by atoms with Crippen LogP contribution in [0.5, 0.6) is 0 Å². The first-order valence-corrected chi connectivity index (χ1v) is 5.85. The van der Waals surface area contributed by atoms with Gasteiger partial charge in [-0.3, -0.25) is 0 Å². The molecule has 0 atom stereocenters. The van der Waals surface area contributed by atoms with E-state index in [1.54, 1.807) is 0 Å². The lowest BCUT2D eigenvalue weighted by Gasteiger charge is -1.98. The third kappa shape index (κ3) is 0.992. The highest BCUT2D eigenvalue weighted by molar-refractivity contribution is 5.85. The van der Waals surface area contributed by atoms with Crippen molar-refractivity contribution in [1.82, 2.24) is 0 Å². The lowest BCUT2D eigenvalue weighted by Crippen LogP contribution is -2.27. The maximum absolute atomic E-state index is 2.35. The lowest BCUT2D eigenvalue weighted by molar-refractivity contribution is 1.55. The molecule has 0 amide bonds. The lowest BCUT2D eigenvalue weighted by atomic mass is 10.1. The Morgan fingerprint density at radius 2 is 1.44 bits per heavy atom. The molecule has 0 fully saturated rings. The van der Waals surface area contributed by atoms with Crippen molar-refractivity contribution in [3.8, 4) is 0 Å². The molecule has 2 aromatic carbocycles. The molecule has 4 rings (SSSR count). The van der Waals surface area contributed by atoms with Crippen LogP contribution >= 0.6 is 0 Å².